The second-order valence-electron chi connectivity index (χ2n) is 9.66. The lowest BCUT2D eigenvalue weighted by molar-refractivity contribution is 0.0917. The number of aryl methyl sites for hydroxylation is 1. The molecule has 1 fully saturated rings. The smallest absolute Gasteiger partial charge is 0.331 e. The molecule has 4 heterocycles. The summed E-state index contributed by atoms with van der Waals surface area (Å²) < 4.78 is 19.4. The fraction of sp³-hybridized carbons (Fsp3) is 0.250. The molecule has 4 aromatic rings. The summed E-state index contributed by atoms with van der Waals surface area (Å²) in [6.45, 7) is 3.70. The van der Waals surface area contributed by atoms with Crippen LogP contribution in [0, 0.1) is 12.7 Å². The number of nitrogens with zero attached hydrogens (tertiary/aromatic N) is 3. The number of likely N-dealkylation sites (tertiary alicyclic amines) is 1. The van der Waals surface area contributed by atoms with Gasteiger partial charge in [0.2, 0.25) is 0 Å². The number of urea groups is 1. The van der Waals surface area contributed by atoms with Crippen molar-refractivity contribution in [2.24, 2.45) is 0 Å². The van der Waals surface area contributed by atoms with E-state index in [2.05, 4.69) is 27.6 Å². The number of halogens is 1. The van der Waals surface area contributed by atoms with Gasteiger partial charge in [-0.05, 0) is 75.3 Å². The Morgan fingerprint density at radius 3 is 2.82 bits per heavy atom. The highest BCUT2D eigenvalue weighted by molar-refractivity contribution is 7.21. The molecular formula is C28H26FN5O3S. The summed E-state index contributed by atoms with van der Waals surface area (Å²) in [5.74, 6) is 0.334. The Balaban J connectivity index is 1.32. The normalized spacial score (nSPS) is 17.4. The number of thiophene rings is 1. The van der Waals surface area contributed by atoms with Gasteiger partial charge in [-0.15, -0.1) is 11.3 Å². The zero-order valence-corrected chi connectivity index (χ0v) is 21.8. The van der Waals surface area contributed by atoms with Gasteiger partial charge in [-0.25, -0.2) is 14.2 Å². The lowest BCUT2D eigenvalue weighted by Gasteiger charge is -2.31. The Kier molecular flexibility index (Phi) is 6.21. The minimum atomic E-state index is -0.381. The van der Waals surface area contributed by atoms with Gasteiger partial charge < -0.3 is 20.3 Å². The molecule has 3 amide bonds. The monoisotopic (exact) mass is 531 g/mol. The maximum atomic E-state index is 13.6. The second-order valence-corrected chi connectivity index (χ2v) is 10.7. The number of rotatable bonds is 5. The lowest BCUT2D eigenvalue weighted by Crippen LogP contribution is -2.46. The Labute approximate surface area is 223 Å². The average Bonchev–Trinajstić information content (AvgIpc) is 3.25. The van der Waals surface area contributed by atoms with E-state index in [9.17, 15) is 14.0 Å². The molecule has 0 unspecified atom stereocenters. The van der Waals surface area contributed by atoms with Crippen LogP contribution in [0.4, 0.5) is 26.2 Å². The molecule has 6 rings (SSSR count). The minimum absolute atomic E-state index is 0.0673. The standard InChI is InChI=1S/C28H26FN5O3S/c1-16-13-20(37-19-7-3-5-17(29)14-19)8-9-21(16)34-22-10-11-30-27-23(22)24(32-28(34)36)25(38-27)26(35)31-18-6-4-12-33(2)15-18/h3,5,7-11,13-14,18H,4,6,12,15H2,1-2H3,(H,31,35)(H,32,36)/t18-/m1/s1. The number of aromatic nitrogens is 1. The Hall–Kier alpha value is -4.02. The van der Waals surface area contributed by atoms with Crippen molar-refractivity contribution in [3.8, 4) is 11.5 Å². The Morgan fingerprint density at radius 1 is 1.18 bits per heavy atom. The largest absolute Gasteiger partial charge is 0.457 e. The quantitative estimate of drug-likeness (QED) is 0.328. The number of hydrogen-bond donors (Lipinski definition) is 2. The first-order valence-electron chi connectivity index (χ1n) is 12.4. The number of amides is 3. The molecule has 38 heavy (non-hydrogen) atoms. The van der Waals surface area contributed by atoms with E-state index < -0.39 is 0 Å². The summed E-state index contributed by atoms with van der Waals surface area (Å²) in [6, 6.07) is 12.7. The summed E-state index contributed by atoms with van der Waals surface area (Å²) in [6.07, 6.45) is 3.61. The number of carbonyl (C=O) groups is 2. The number of nitrogens with one attached hydrogen (secondary N) is 2. The molecule has 0 saturated carbocycles. The molecule has 2 aromatic carbocycles. The number of anilines is 3. The van der Waals surface area contributed by atoms with Gasteiger partial charge in [-0.3, -0.25) is 9.69 Å². The van der Waals surface area contributed by atoms with E-state index in [1.54, 1.807) is 47.5 Å². The molecule has 2 aliphatic rings. The van der Waals surface area contributed by atoms with Crippen molar-refractivity contribution in [1.29, 1.82) is 0 Å². The minimum Gasteiger partial charge on any atom is -0.457 e. The van der Waals surface area contributed by atoms with E-state index in [1.165, 1.54) is 23.5 Å². The molecule has 10 heteroatoms. The van der Waals surface area contributed by atoms with Crippen LogP contribution >= 0.6 is 11.3 Å². The number of carbonyl (C=O) groups excluding carboxylic acids is 2. The van der Waals surface area contributed by atoms with Crippen molar-refractivity contribution in [2.45, 2.75) is 25.8 Å². The third-order valence-electron chi connectivity index (χ3n) is 6.85. The van der Waals surface area contributed by atoms with Crippen molar-refractivity contribution >= 4 is 50.6 Å². The Bertz CT molecular complexity index is 1570. The van der Waals surface area contributed by atoms with Gasteiger partial charge in [0.15, 0.2) is 0 Å². The highest BCUT2D eigenvalue weighted by Gasteiger charge is 2.34. The molecule has 1 atom stereocenters. The number of likely N-dealkylation sites (N-methyl/N-ethyl adjacent to an activating group) is 1. The van der Waals surface area contributed by atoms with Crippen molar-refractivity contribution in [2.75, 3.05) is 30.4 Å². The molecule has 8 nitrogen and oxygen atoms in total. The number of piperidine rings is 1. The SMILES string of the molecule is Cc1cc(Oc2cccc(F)c2)ccc1N1C(=O)Nc2c(C(=O)N[C@@H]3CCCN(C)C3)sc3nccc1c23. The van der Waals surface area contributed by atoms with E-state index in [0.29, 0.717) is 38.3 Å². The fourth-order valence-corrected chi connectivity index (χ4v) is 6.15. The van der Waals surface area contributed by atoms with E-state index in [1.807, 2.05) is 6.92 Å². The third kappa shape index (κ3) is 4.46. The number of benzene rings is 2. The van der Waals surface area contributed by atoms with E-state index in [4.69, 9.17) is 4.74 Å². The lowest BCUT2D eigenvalue weighted by atomic mass is 10.1. The maximum Gasteiger partial charge on any atom is 0.331 e. The van der Waals surface area contributed by atoms with Crippen LogP contribution in [0.1, 0.15) is 28.1 Å². The molecule has 0 bridgehead atoms. The van der Waals surface area contributed by atoms with Gasteiger partial charge in [0, 0.05) is 24.8 Å². The second kappa shape index (κ2) is 9.70. The molecule has 0 spiro atoms. The van der Waals surface area contributed by atoms with Gasteiger partial charge >= 0.3 is 6.03 Å². The summed E-state index contributed by atoms with van der Waals surface area (Å²) in [5.41, 5.74) is 2.61. The molecule has 2 aliphatic heterocycles. The highest BCUT2D eigenvalue weighted by atomic mass is 32.1. The summed E-state index contributed by atoms with van der Waals surface area (Å²) in [5, 5.41) is 6.83. The molecule has 2 N–H and O–H groups in total. The molecule has 194 valence electrons. The van der Waals surface area contributed by atoms with Crippen molar-refractivity contribution in [3.05, 3.63) is 71.0 Å². The van der Waals surface area contributed by atoms with Crippen molar-refractivity contribution < 1.29 is 18.7 Å². The van der Waals surface area contributed by atoms with Crippen molar-refractivity contribution in [1.82, 2.24) is 15.2 Å². The van der Waals surface area contributed by atoms with Gasteiger partial charge in [-0.1, -0.05) is 6.07 Å². The Morgan fingerprint density at radius 2 is 2.03 bits per heavy atom. The predicted molar refractivity (Wildman–Crippen MR) is 146 cm³/mol. The van der Waals surface area contributed by atoms with E-state index in [0.717, 1.165) is 36.9 Å². The summed E-state index contributed by atoms with van der Waals surface area (Å²) >= 11 is 1.28. The first-order chi connectivity index (χ1) is 18.4. The number of hydrogen-bond acceptors (Lipinski definition) is 6. The zero-order chi connectivity index (χ0) is 26.4. The number of pyridine rings is 1. The fourth-order valence-electron chi connectivity index (χ4n) is 5.13. The van der Waals surface area contributed by atoms with Crippen molar-refractivity contribution in [3.63, 3.8) is 0 Å². The van der Waals surface area contributed by atoms with Gasteiger partial charge in [0.25, 0.3) is 5.91 Å². The molecule has 0 radical (unpaired) electrons. The first-order valence-corrected chi connectivity index (χ1v) is 13.2. The van der Waals surface area contributed by atoms with Crippen LogP contribution in [-0.2, 0) is 0 Å². The average molecular weight is 532 g/mol. The molecule has 0 aliphatic carbocycles. The zero-order valence-electron chi connectivity index (χ0n) is 21.0. The van der Waals surface area contributed by atoms with Gasteiger partial charge in [0.1, 0.15) is 27.0 Å². The van der Waals surface area contributed by atoms with Crippen LogP contribution in [-0.4, -0.2) is 48.0 Å². The van der Waals surface area contributed by atoms with E-state index >= 15 is 0 Å². The van der Waals surface area contributed by atoms with Gasteiger partial charge in [0.05, 0.1) is 22.4 Å². The van der Waals surface area contributed by atoms with Crippen LogP contribution in [0.3, 0.4) is 0 Å². The van der Waals surface area contributed by atoms with Crippen LogP contribution in [0.2, 0.25) is 0 Å². The molecule has 2 aromatic heterocycles. The molecular weight excluding hydrogens is 505 g/mol. The number of ether oxygens (including phenoxy) is 1. The molecule has 1 saturated heterocycles. The topological polar surface area (TPSA) is 86.8 Å². The van der Waals surface area contributed by atoms with E-state index in [-0.39, 0.29) is 23.8 Å². The summed E-state index contributed by atoms with van der Waals surface area (Å²) in [4.78, 5) is 36.2. The van der Waals surface area contributed by atoms with Crippen LogP contribution < -0.4 is 20.3 Å². The van der Waals surface area contributed by atoms with Crippen LogP contribution in [0.25, 0.3) is 10.2 Å². The highest BCUT2D eigenvalue weighted by Crippen LogP contribution is 2.46. The van der Waals surface area contributed by atoms with Crippen LogP contribution in [0.15, 0.2) is 54.7 Å². The maximum absolute atomic E-state index is 13.6. The van der Waals surface area contributed by atoms with Crippen LogP contribution in [0.5, 0.6) is 11.5 Å². The first kappa shape index (κ1) is 24.3. The third-order valence-corrected chi connectivity index (χ3v) is 7.95. The van der Waals surface area contributed by atoms with Gasteiger partial charge in [-0.2, -0.15) is 0 Å². The summed E-state index contributed by atoms with van der Waals surface area (Å²) in [7, 11) is 2.05. The predicted octanol–water partition coefficient (Wildman–Crippen LogP) is 6.04.